The minimum atomic E-state index is -0.301. The Hall–Kier alpha value is -9.18. The van der Waals surface area contributed by atoms with Crippen LogP contribution in [0.1, 0.15) is 64.0 Å². The van der Waals surface area contributed by atoms with Gasteiger partial charge < -0.3 is 13.7 Å². The van der Waals surface area contributed by atoms with E-state index in [0.29, 0.717) is 0 Å². The predicted octanol–water partition coefficient (Wildman–Crippen LogP) is 19.5. The molecule has 6 aliphatic carbocycles. The largest absolute Gasteiger partial charge is 0.456 e. The lowest BCUT2D eigenvalue weighted by molar-refractivity contribution is -0.0264. The van der Waals surface area contributed by atoms with E-state index in [4.69, 9.17) is 8.83 Å². The lowest BCUT2D eigenvalue weighted by Gasteiger charge is -2.71. The molecule has 0 aliphatic heterocycles. The van der Waals surface area contributed by atoms with E-state index in [1.807, 2.05) is 0 Å². The third-order valence-electron chi connectivity index (χ3n) is 20.6. The summed E-state index contributed by atoms with van der Waals surface area (Å²) in [5.41, 5.74) is 25.9. The van der Waals surface area contributed by atoms with Gasteiger partial charge in [0.05, 0.1) is 5.69 Å². The van der Waals surface area contributed by atoms with Crippen molar-refractivity contribution in [3.8, 4) is 44.5 Å². The Morgan fingerprint density at radius 1 is 0.359 bits per heavy atom. The van der Waals surface area contributed by atoms with Crippen LogP contribution < -0.4 is 4.90 Å². The summed E-state index contributed by atoms with van der Waals surface area (Å²) in [5, 5.41) is 4.88. The fraction of sp³-hybridized carbons (Fsp3) is 0.120. The van der Waals surface area contributed by atoms with Gasteiger partial charge in [0.1, 0.15) is 22.3 Å². The smallest absolute Gasteiger partial charge is 0.143 e. The minimum absolute atomic E-state index is 0.145. The molecule has 13 aromatic rings. The van der Waals surface area contributed by atoms with Gasteiger partial charge in [0.15, 0.2) is 0 Å². The van der Waals surface area contributed by atoms with E-state index in [1.54, 1.807) is 11.1 Å². The molecule has 2 aromatic heterocycles. The highest BCUT2D eigenvalue weighted by Crippen LogP contribution is 2.93. The normalized spacial score (nSPS) is 23.9. The van der Waals surface area contributed by atoms with E-state index in [1.165, 1.54) is 72.1 Å². The van der Waals surface area contributed by atoms with Crippen LogP contribution in [-0.2, 0) is 16.2 Å². The van der Waals surface area contributed by atoms with Crippen LogP contribution in [0.25, 0.3) is 88.4 Å². The second-order valence-corrected chi connectivity index (χ2v) is 23.4. The quantitative estimate of drug-likeness (QED) is 0.172. The third kappa shape index (κ3) is 4.83. The van der Waals surface area contributed by atoms with Crippen molar-refractivity contribution < 1.29 is 8.83 Å². The standard InChI is InChI=1S/C75H49NO2/c1-2-16-44(17-3-1)45-32-36-47(37-33-45)76(48-38-34-46(35-39-48)49-25-14-26-56-55-23-10-13-30-64(55)78-70(49)56)63-40-41-66-68-67-58(27-15-31-65(67)77-66)61-42-74-59-28-11-8-20-52(59)51-19-5-7-24-57(51)71(74)75-60-29-12-9-21-53(60)50-18-4-6-22-54(50)62(75)43-73(61,69(63)68)72(74)75/h1-41,61-62,71-72H,42-43H2. The van der Waals surface area contributed by atoms with E-state index in [2.05, 4.69) is 254 Å². The van der Waals surface area contributed by atoms with Gasteiger partial charge in [0.25, 0.3) is 0 Å². The lowest BCUT2D eigenvalue weighted by Crippen LogP contribution is -2.69. The van der Waals surface area contributed by atoms with Gasteiger partial charge in [-0.15, -0.1) is 0 Å². The van der Waals surface area contributed by atoms with Gasteiger partial charge in [-0.05, 0) is 151 Å². The van der Waals surface area contributed by atoms with Crippen LogP contribution in [0.5, 0.6) is 0 Å². The van der Waals surface area contributed by atoms with Crippen LogP contribution in [0.15, 0.2) is 258 Å². The number of nitrogens with zero attached hydrogens (tertiary/aromatic N) is 1. The molecule has 0 saturated heterocycles. The number of hydrogen-bond acceptors (Lipinski definition) is 3. The molecule has 3 nitrogen and oxygen atoms in total. The molecule has 3 heteroatoms. The minimum Gasteiger partial charge on any atom is -0.456 e. The summed E-state index contributed by atoms with van der Waals surface area (Å²) in [4.78, 5) is 2.61. The molecule has 3 spiro atoms. The fourth-order valence-corrected chi connectivity index (χ4v) is 18.5. The topological polar surface area (TPSA) is 29.5 Å². The first-order valence-corrected chi connectivity index (χ1v) is 28.0. The van der Waals surface area contributed by atoms with E-state index < -0.39 is 0 Å². The van der Waals surface area contributed by atoms with Crippen LogP contribution in [0.3, 0.4) is 0 Å². The lowest BCUT2D eigenvalue weighted by atomic mass is 9.30. The number of anilines is 3. The van der Waals surface area contributed by atoms with Crippen molar-refractivity contribution in [2.75, 3.05) is 4.90 Å². The van der Waals surface area contributed by atoms with Crippen molar-refractivity contribution >= 4 is 60.9 Å². The molecule has 19 rings (SSSR count). The monoisotopic (exact) mass is 995 g/mol. The Bertz CT molecular complexity index is 4740. The first-order chi connectivity index (χ1) is 38.7. The molecule has 3 fully saturated rings. The summed E-state index contributed by atoms with van der Waals surface area (Å²) in [6.07, 6.45) is 2.10. The number of benzene rings is 11. The first kappa shape index (κ1) is 42.0. The third-order valence-corrected chi connectivity index (χ3v) is 20.6. The van der Waals surface area contributed by atoms with Gasteiger partial charge in [-0.2, -0.15) is 0 Å². The van der Waals surface area contributed by atoms with Crippen molar-refractivity contribution in [1.29, 1.82) is 0 Å². The van der Waals surface area contributed by atoms with Crippen molar-refractivity contribution in [3.63, 3.8) is 0 Å². The average molecular weight is 996 g/mol. The second kappa shape index (κ2) is 14.6. The number of hydrogen-bond donors (Lipinski definition) is 0. The van der Waals surface area contributed by atoms with Gasteiger partial charge in [-0.1, -0.05) is 200 Å². The SMILES string of the molecule is c1ccc(-c2ccc(N(c3ccc(-c4cccc5c4oc4ccccc45)cc3)c3ccc4oc5cccc6c5c4c3C34CC5c7ccccc7-c7ccccc7C57C5c8ccccc8-c8ccccc8C5(CC63)C47)cc2)cc1. The maximum absolute atomic E-state index is 7.14. The Morgan fingerprint density at radius 3 is 1.73 bits per heavy atom. The zero-order valence-corrected chi connectivity index (χ0v) is 42.7. The van der Waals surface area contributed by atoms with Crippen molar-refractivity contribution in [3.05, 3.63) is 282 Å². The maximum Gasteiger partial charge on any atom is 0.143 e. The van der Waals surface area contributed by atoms with Gasteiger partial charge >= 0.3 is 0 Å². The van der Waals surface area contributed by atoms with E-state index in [0.717, 1.165) is 68.4 Å². The molecular formula is C75H49NO2. The molecule has 11 aromatic carbocycles. The average Bonchev–Trinajstić information content (AvgIpc) is 1.50. The molecular weight excluding hydrogens is 947 g/mol. The molecule has 2 heterocycles. The van der Waals surface area contributed by atoms with Crippen LogP contribution in [-0.4, -0.2) is 0 Å². The molecule has 7 unspecified atom stereocenters. The molecule has 78 heavy (non-hydrogen) atoms. The Balaban J connectivity index is 0.910. The Kier molecular flexibility index (Phi) is 7.88. The van der Waals surface area contributed by atoms with Crippen LogP contribution in [0.4, 0.5) is 17.1 Å². The van der Waals surface area contributed by atoms with Crippen LogP contribution in [0.2, 0.25) is 0 Å². The van der Waals surface area contributed by atoms with Crippen molar-refractivity contribution in [1.82, 2.24) is 0 Å². The summed E-state index contributed by atoms with van der Waals surface area (Å²) in [5.74, 6) is 1.03. The van der Waals surface area contributed by atoms with Gasteiger partial charge in [-0.3, -0.25) is 0 Å². The highest BCUT2D eigenvalue weighted by Gasteiger charge is 2.89. The molecule has 0 amide bonds. The molecule has 0 N–H and O–H groups in total. The van der Waals surface area contributed by atoms with Gasteiger partial charge in [0.2, 0.25) is 0 Å². The highest BCUT2D eigenvalue weighted by molar-refractivity contribution is 6.14. The number of rotatable bonds is 5. The Morgan fingerprint density at radius 2 is 0.923 bits per heavy atom. The molecule has 7 atom stereocenters. The Labute approximate surface area is 451 Å². The highest BCUT2D eigenvalue weighted by atomic mass is 16.3. The van der Waals surface area contributed by atoms with Gasteiger partial charge in [-0.25, -0.2) is 0 Å². The molecule has 6 aliphatic rings. The first-order valence-electron chi connectivity index (χ1n) is 28.0. The fourth-order valence-electron chi connectivity index (χ4n) is 18.5. The van der Waals surface area contributed by atoms with Gasteiger partial charge in [0, 0.05) is 60.6 Å². The zero-order chi connectivity index (χ0) is 50.6. The number of fused-ring (bicyclic) bond motifs is 12. The number of furan rings is 2. The predicted molar refractivity (Wildman–Crippen MR) is 316 cm³/mol. The summed E-state index contributed by atoms with van der Waals surface area (Å²) in [6.45, 7) is 0. The number of para-hydroxylation sites is 2. The van der Waals surface area contributed by atoms with E-state index in [9.17, 15) is 0 Å². The zero-order valence-electron chi connectivity index (χ0n) is 42.7. The van der Waals surface area contributed by atoms with Crippen LogP contribution in [0, 0.1) is 5.92 Å². The molecule has 0 bridgehead atoms. The molecule has 366 valence electrons. The maximum atomic E-state index is 7.14. The van der Waals surface area contributed by atoms with E-state index >= 15 is 0 Å². The summed E-state index contributed by atoms with van der Waals surface area (Å²) in [6, 6.07) is 94.4. The second-order valence-electron chi connectivity index (χ2n) is 23.4. The van der Waals surface area contributed by atoms with E-state index in [-0.39, 0.29) is 39.9 Å². The summed E-state index contributed by atoms with van der Waals surface area (Å²) in [7, 11) is 0. The summed E-state index contributed by atoms with van der Waals surface area (Å²) >= 11 is 0. The summed E-state index contributed by atoms with van der Waals surface area (Å²) < 4.78 is 13.8. The van der Waals surface area contributed by atoms with Crippen molar-refractivity contribution in [2.45, 2.75) is 46.8 Å². The molecule has 3 saturated carbocycles. The van der Waals surface area contributed by atoms with Crippen LogP contribution >= 0.6 is 0 Å². The van der Waals surface area contributed by atoms with Crippen molar-refractivity contribution in [2.24, 2.45) is 5.92 Å². The molecule has 0 radical (unpaired) electrons.